The summed E-state index contributed by atoms with van der Waals surface area (Å²) in [6, 6.07) is 7.93. The van der Waals surface area contributed by atoms with Gasteiger partial charge in [0.1, 0.15) is 11.0 Å². The summed E-state index contributed by atoms with van der Waals surface area (Å²) in [6.45, 7) is 3.37. The maximum Gasteiger partial charge on any atom is 0.303 e. The van der Waals surface area contributed by atoms with E-state index in [0.717, 1.165) is 60.6 Å². The molecule has 1 aromatic carbocycles. The highest BCUT2D eigenvalue weighted by molar-refractivity contribution is 5.76. The number of rotatable bonds is 5. The summed E-state index contributed by atoms with van der Waals surface area (Å²) in [5, 5.41) is 21.3. The van der Waals surface area contributed by atoms with Gasteiger partial charge in [0.15, 0.2) is 0 Å². The minimum Gasteiger partial charge on any atom is -0.481 e. The second kappa shape index (κ2) is 6.64. The summed E-state index contributed by atoms with van der Waals surface area (Å²) >= 11 is 0. The number of aromatic nitrogens is 4. The van der Waals surface area contributed by atoms with Crippen LogP contribution in [0.2, 0.25) is 0 Å². The van der Waals surface area contributed by atoms with Gasteiger partial charge >= 0.3 is 5.97 Å². The van der Waals surface area contributed by atoms with E-state index in [1.54, 1.807) is 0 Å². The van der Waals surface area contributed by atoms with Gasteiger partial charge in [0.05, 0.1) is 17.8 Å². The van der Waals surface area contributed by atoms with Crippen LogP contribution in [0.1, 0.15) is 29.8 Å². The number of hydrogen-bond acceptors (Lipinski definition) is 6. The molecule has 0 saturated heterocycles. The van der Waals surface area contributed by atoms with Crippen LogP contribution in [0.3, 0.4) is 0 Å². The predicted molar refractivity (Wildman–Crippen MR) is 88.7 cm³/mol. The van der Waals surface area contributed by atoms with Crippen LogP contribution in [-0.4, -0.2) is 42.6 Å². The molecule has 25 heavy (non-hydrogen) atoms. The molecule has 1 N–H and O–H groups in total. The zero-order chi connectivity index (χ0) is 17.2. The van der Waals surface area contributed by atoms with Crippen LogP contribution in [0.5, 0.6) is 0 Å². The SMILES string of the molecule is O=C(O)CCc1cc2n(n1)CCCN(Cc1cccc3nonc13)C2. The summed E-state index contributed by atoms with van der Waals surface area (Å²) in [5.41, 5.74) is 4.65. The molecule has 8 nitrogen and oxygen atoms in total. The van der Waals surface area contributed by atoms with E-state index in [0.29, 0.717) is 6.42 Å². The molecule has 0 amide bonds. The van der Waals surface area contributed by atoms with E-state index in [2.05, 4.69) is 20.3 Å². The maximum absolute atomic E-state index is 10.7. The van der Waals surface area contributed by atoms with Crippen molar-refractivity contribution in [2.75, 3.05) is 6.54 Å². The fourth-order valence-electron chi connectivity index (χ4n) is 3.31. The highest BCUT2D eigenvalue weighted by Crippen LogP contribution is 2.20. The Morgan fingerprint density at radius 1 is 1.28 bits per heavy atom. The number of nitrogens with zero attached hydrogens (tertiary/aromatic N) is 5. The zero-order valence-corrected chi connectivity index (χ0v) is 13.8. The van der Waals surface area contributed by atoms with E-state index in [4.69, 9.17) is 9.74 Å². The lowest BCUT2D eigenvalue weighted by atomic mass is 10.1. The molecule has 3 aromatic rings. The number of benzene rings is 1. The second-order valence-electron chi connectivity index (χ2n) is 6.36. The van der Waals surface area contributed by atoms with Gasteiger partial charge in [-0.25, -0.2) is 4.63 Å². The Morgan fingerprint density at radius 3 is 3.08 bits per heavy atom. The summed E-state index contributed by atoms with van der Waals surface area (Å²) in [7, 11) is 0. The van der Waals surface area contributed by atoms with Gasteiger partial charge in [-0.15, -0.1) is 0 Å². The van der Waals surface area contributed by atoms with Crippen LogP contribution in [0, 0.1) is 0 Å². The second-order valence-corrected chi connectivity index (χ2v) is 6.36. The molecule has 0 unspecified atom stereocenters. The van der Waals surface area contributed by atoms with Crippen LogP contribution in [0.4, 0.5) is 0 Å². The predicted octanol–water partition coefficient (Wildman–Crippen LogP) is 1.84. The normalized spacial score (nSPS) is 15.2. The van der Waals surface area contributed by atoms with Crippen molar-refractivity contribution in [2.24, 2.45) is 0 Å². The lowest BCUT2D eigenvalue weighted by Crippen LogP contribution is -2.22. The Hall–Kier alpha value is -2.74. The highest BCUT2D eigenvalue weighted by Gasteiger charge is 2.18. The van der Waals surface area contributed by atoms with Crippen molar-refractivity contribution in [3.8, 4) is 0 Å². The Balaban J connectivity index is 1.51. The quantitative estimate of drug-likeness (QED) is 0.756. The van der Waals surface area contributed by atoms with Gasteiger partial charge in [-0.2, -0.15) is 5.10 Å². The molecule has 3 heterocycles. The third-order valence-corrected chi connectivity index (χ3v) is 4.50. The number of carboxylic acid groups (broad SMARTS) is 1. The van der Waals surface area contributed by atoms with Gasteiger partial charge < -0.3 is 5.11 Å². The lowest BCUT2D eigenvalue weighted by molar-refractivity contribution is -0.136. The molecular formula is C17H19N5O3. The number of aryl methyl sites for hydroxylation is 2. The van der Waals surface area contributed by atoms with Gasteiger partial charge in [-0.1, -0.05) is 12.1 Å². The molecule has 0 saturated carbocycles. The van der Waals surface area contributed by atoms with Crippen LogP contribution >= 0.6 is 0 Å². The van der Waals surface area contributed by atoms with E-state index in [1.807, 2.05) is 28.9 Å². The lowest BCUT2D eigenvalue weighted by Gasteiger charge is -2.19. The first kappa shape index (κ1) is 15.8. The molecule has 130 valence electrons. The number of aliphatic carboxylic acids is 1. The van der Waals surface area contributed by atoms with E-state index in [9.17, 15) is 4.79 Å². The first-order chi connectivity index (χ1) is 12.2. The first-order valence-electron chi connectivity index (χ1n) is 8.39. The number of fused-ring (bicyclic) bond motifs is 2. The number of hydrogen-bond donors (Lipinski definition) is 1. The fraction of sp³-hybridized carbons (Fsp3) is 0.412. The Morgan fingerprint density at radius 2 is 2.20 bits per heavy atom. The highest BCUT2D eigenvalue weighted by atomic mass is 16.6. The van der Waals surface area contributed by atoms with Crippen molar-refractivity contribution < 1.29 is 14.5 Å². The van der Waals surface area contributed by atoms with Crippen LogP contribution in [0.15, 0.2) is 28.9 Å². The standard InChI is InChI=1S/C17H19N5O3/c23-16(24)6-5-13-9-14-11-21(7-2-8-22(14)18-13)10-12-3-1-4-15-17(12)20-25-19-15/h1,3-4,9H,2,5-8,10-11H2,(H,23,24). The molecular weight excluding hydrogens is 322 g/mol. The van der Waals surface area contributed by atoms with Gasteiger partial charge in [-0.05, 0) is 34.4 Å². The van der Waals surface area contributed by atoms with Crippen molar-refractivity contribution >= 4 is 17.0 Å². The number of carbonyl (C=O) groups is 1. The zero-order valence-electron chi connectivity index (χ0n) is 13.8. The van der Waals surface area contributed by atoms with Crippen molar-refractivity contribution in [2.45, 2.75) is 38.9 Å². The summed E-state index contributed by atoms with van der Waals surface area (Å²) in [6.07, 6.45) is 1.58. The topological polar surface area (TPSA) is 97.3 Å². The van der Waals surface area contributed by atoms with Gasteiger partial charge in [0.25, 0.3) is 0 Å². The third kappa shape index (κ3) is 3.39. The Kier molecular flexibility index (Phi) is 4.19. The molecule has 1 aliphatic heterocycles. The van der Waals surface area contributed by atoms with E-state index >= 15 is 0 Å². The van der Waals surface area contributed by atoms with Crippen molar-refractivity contribution in [1.82, 2.24) is 25.0 Å². The average molecular weight is 341 g/mol. The molecule has 2 aromatic heterocycles. The van der Waals surface area contributed by atoms with Crippen molar-refractivity contribution in [1.29, 1.82) is 0 Å². The third-order valence-electron chi connectivity index (χ3n) is 4.50. The first-order valence-corrected chi connectivity index (χ1v) is 8.39. The fourth-order valence-corrected chi connectivity index (χ4v) is 3.31. The maximum atomic E-state index is 10.7. The smallest absolute Gasteiger partial charge is 0.303 e. The molecule has 0 spiro atoms. The van der Waals surface area contributed by atoms with E-state index in [-0.39, 0.29) is 6.42 Å². The summed E-state index contributed by atoms with van der Waals surface area (Å²) in [4.78, 5) is 13.1. The molecule has 0 aliphatic carbocycles. The Bertz CT molecular complexity index is 901. The molecule has 0 bridgehead atoms. The van der Waals surface area contributed by atoms with Crippen molar-refractivity contribution in [3.05, 3.63) is 41.2 Å². The summed E-state index contributed by atoms with van der Waals surface area (Å²) in [5.74, 6) is -0.792. The van der Waals surface area contributed by atoms with Gasteiger partial charge in [0, 0.05) is 32.6 Å². The van der Waals surface area contributed by atoms with E-state index in [1.165, 1.54) is 0 Å². The largest absolute Gasteiger partial charge is 0.481 e. The molecule has 0 atom stereocenters. The van der Waals surface area contributed by atoms with Gasteiger partial charge in [0.2, 0.25) is 0 Å². The van der Waals surface area contributed by atoms with Crippen LogP contribution in [-0.2, 0) is 30.8 Å². The number of carboxylic acids is 1. The summed E-state index contributed by atoms with van der Waals surface area (Å²) < 4.78 is 6.85. The van der Waals surface area contributed by atoms with Crippen LogP contribution < -0.4 is 0 Å². The van der Waals surface area contributed by atoms with Crippen LogP contribution in [0.25, 0.3) is 11.0 Å². The minimum atomic E-state index is -0.792. The average Bonchev–Trinajstić information content (AvgIpc) is 3.17. The molecule has 4 rings (SSSR count). The molecule has 8 heteroatoms. The Labute approximate surface area is 144 Å². The molecule has 0 radical (unpaired) electrons. The van der Waals surface area contributed by atoms with E-state index < -0.39 is 5.97 Å². The monoisotopic (exact) mass is 341 g/mol. The minimum absolute atomic E-state index is 0.112. The molecule has 0 fully saturated rings. The van der Waals surface area contributed by atoms with Crippen molar-refractivity contribution in [3.63, 3.8) is 0 Å². The molecule has 1 aliphatic rings. The van der Waals surface area contributed by atoms with Gasteiger partial charge in [-0.3, -0.25) is 14.4 Å².